The predicted octanol–water partition coefficient (Wildman–Crippen LogP) is 3.43. The van der Waals surface area contributed by atoms with E-state index in [1.807, 2.05) is 66.4 Å². The van der Waals surface area contributed by atoms with Gasteiger partial charge in [0.2, 0.25) is 5.91 Å². The number of allylic oxidation sites excluding steroid dienone is 5. The highest BCUT2D eigenvalue weighted by molar-refractivity contribution is 5.94. The van der Waals surface area contributed by atoms with Crippen molar-refractivity contribution in [3.8, 4) is 23.1 Å². The summed E-state index contributed by atoms with van der Waals surface area (Å²) in [6, 6.07) is 11.4. The number of fused-ring (bicyclic) bond motifs is 1. The van der Waals surface area contributed by atoms with Crippen molar-refractivity contribution in [2.24, 2.45) is 0 Å². The maximum absolute atomic E-state index is 12.9. The molecule has 38 heavy (non-hydrogen) atoms. The molecule has 0 spiro atoms. The third-order valence-electron chi connectivity index (χ3n) is 6.60. The first-order valence-corrected chi connectivity index (χ1v) is 12.7. The Kier molecular flexibility index (Phi) is 7.20. The van der Waals surface area contributed by atoms with Gasteiger partial charge in [-0.3, -0.25) is 9.59 Å². The number of hydrogen-bond acceptors (Lipinski definition) is 5. The lowest BCUT2D eigenvalue weighted by Crippen LogP contribution is -2.47. The van der Waals surface area contributed by atoms with Gasteiger partial charge < -0.3 is 15.1 Å². The molecule has 2 aromatic heterocycles. The summed E-state index contributed by atoms with van der Waals surface area (Å²) in [5.74, 6) is 6.32. The molecular weight excluding hydrogens is 476 g/mol. The number of hydrogen-bond donors (Lipinski definition) is 1. The van der Waals surface area contributed by atoms with Gasteiger partial charge in [-0.1, -0.05) is 29.7 Å². The van der Waals surface area contributed by atoms with Gasteiger partial charge in [-0.2, -0.15) is 5.10 Å². The fraction of sp³-hybridized carbons (Fsp3) is 0.267. The number of piperazine rings is 1. The molecule has 0 atom stereocenters. The van der Waals surface area contributed by atoms with Crippen molar-refractivity contribution >= 4 is 17.5 Å². The van der Waals surface area contributed by atoms with Crippen molar-refractivity contribution in [3.05, 3.63) is 88.9 Å². The van der Waals surface area contributed by atoms with E-state index in [1.54, 1.807) is 10.7 Å². The Morgan fingerprint density at radius 3 is 2.47 bits per heavy atom. The average Bonchev–Trinajstić information content (AvgIpc) is 3.23. The van der Waals surface area contributed by atoms with Crippen LogP contribution in [0.2, 0.25) is 0 Å². The molecule has 8 heteroatoms. The summed E-state index contributed by atoms with van der Waals surface area (Å²) in [4.78, 5) is 33.0. The number of amides is 2. The Labute approximate surface area is 222 Å². The second-order valence-electron chi connectivity index (χ2n) is 9.72. The lowest BCUT2D eigenvalue weighted by molar-refractivity contribution is -0.118. The number of nitrogens with zero attached hydrogens (tertiary/aromatic N) is 5. The van der Waals surface area contributed by atoms with E-state index in [9.17, 15) is 9.59 Å². The van der Waals surface area contributed by atoms with Crippen molar-refractivity contribution < 1.29 is 9.59 Å². The lowest BCUT2D eigenvalue weighted by atomic mass is 10.1. The summed E-state index contributed by atoms with van der Waals surface area (Å²) < 4.78 is 1.72. The van der Waals surface area contributed by atoms with E-state index in [2.05, 4.69) is 34.1 Å². The van der Waals surface area contributed by atoms with Crippen LogP contribution in [0.25, 0.3) is 16.9 Å². The van der Waals surface area contributed by atoms with E-state index in [4.69, 9.17) is 5.10 Å². The summed E-state index contributed by atoms with van der Waals surface area (Å²) in [6.45, 7) is 6.80. The molecule has 0 saturated carbocycles. The number of rotatable bonds is 3. The summed E-state index contributed by atoms with van der Waals surface area (Å²) in [5.41, 5.74) is 6.45. The molecule has 3 heterocycles. The van der Waals surface area contributed by atoms with Gasteiger partial charge in [0.15, 0.2) is 5.65 Å². The van der Waals surface area contributed by atoms with Crippen molar-refractivity contribution in [3.63, 3.8) is 0 Å². The molecule has 8 nitrogen and oxygen atoms in total. The molecule has 1 fully saturated rings. The maximum atomic E-state index is 12.9. The lowest BCUT2D eigenvalue weighted by Gasteiger charge is -2.32. The van der Waals surface area contributed by atoms with E-state index < -0.39 is 0 Å². The van der Waals surface area contributed by atoms with Gasteiger partial charge in [0, 0.05) is 61.9 Å². The average molecular weight is 507 g/mol. The fourth-order valence-corrected chi connectivity index (χ4v) is 4.49. The topological polar surface area (TPSA) is 82.8 Å². The summed E-state index contributed by atoms with van der Waals surface area (Å²) >= 11 is 0. The summed E-state index contributed by atoms with van der Waals surface area (Å²) in [7, 11) is 2.07. The van der Waals surface area contributed by atoms with Crippen LogP contribution in [0.5, 0.6) is 0 Å². The van der Waals surface area contributed by atoms with Gasteiger partial charge in [-0.25, -0.2) is 9.50 Å². The highest BCUT2D eigenvalue weighted by Gasteiger charge is 2.20. The molecule has 1 aromatic carbocycles. The standard InChI is InChI=1S/C30H30N6O2/c1-21-4-5-23(19-26(18-21)32-22(2)37)6-11-27-20-31-29-13-12-28(33-36(27)29)24-7-9-25(10-8-24)30(38)35-16-14-34(3)15-17-35/h4-5,7-10,12-13,19-20H,14-18H2,1-3H3,(H,32,37). The van der Waals surface area contributed by atoms with Crippen LogP contribution in [-0.2, 0) is 4.79 Å². The minimum Gasteiger partial charge on any atom is -0.336 e. The third-order valence-corrected chi connectivity index (χ3v) is 6.60. The van der Waals surface area contributed by atoms with Crippen LogP contribution in [0.15, 0.2) is 77.7 Å². The van der Waals surface area contributed by atoms with Gasteiger partial charge in [-0.05, 0) is 56.3 Å². The monoisotopic (exact) mass is 506 g/mol. The van der Waals surface area contributed by atoms with Crippen molar-refractivity contribution in [2.75, 3.05) is 33.2 Å². The molecule has 0 bridgehead atoms. The second kappa shape index (κ2) is 10.9. The molecule has 0 radical (unpaired) electrons. The Morgan fingerprint density at radius 2 is 1.74 bits per heavy atom. The number of carbonyl (C=O) groups is 2. The van der Waals surface area contributed by atoms with E-state index >= 15 is 0 Å². The number of aromatic nitrogens is 3. The quantitative estimate of drug-likeness (QED) is 0.551. The van der Waals surface area contributed by atoms with Crippen LogP contribution in [0.4, 0.5) is 0 Å². The maximum Gasteiger partial charge on any atom is 0.253 e. The zero-order valence-corrected chi connectivity index (χ0v) is 21.9. The molecule has 1 saturated heterocycles. The molecule has 192 valence electrons. The first-order chi connectivity index (χ1) is 18.4. The first kappa shape index (κ1) is 25.2. The van der Waals surface area contributed by atoms with Gasteiger partial charge in [0.1, 0.15) is 5.69 Å². The molecular formula is C30H30N6O2. The number of carbonyl (C=O) groups excluding carboxylic acids is 2. The van der Waals surface area contributed by atoms with Gasteiger partial charge in [-0.15, -0.1) is 0 Å². The fourth-order valence-electron chi connectivity index (χ4n) is 4.49. The van der Waals surface area contributed by atoms with Crippen LogP contribution < -0.4 is 5.32 Å². The Balaban J connectivity index is 1.38. The Hall–Kier alpha value is -4.48. The largest absolute Gasteiger partial charge is 0.336 e. The van der Waals surface area contributed by atoms with Gasteiger partial charge >= 0.3 is 0 Å². The number of likely N-dealkylation sites (N-methyl/N-ethyl adjacent to an activating group) is 1. The van der Waals surface area contributed by atoms with Crippen molar-refractivity contribution in [2.45, 2.75) is 20.3 Å². The number of imidazole rings is 1. The number of benzene rings is 1. The van der Waals surface area contributed by atoms with Crippen LogP contribution in [0, 0.1) is 11.8 Å². The van der Waals surface area contributed by atoms with Crippen LogP contribution >= 0.6 is 0 Å². The third kappa shape index (κ3) is 5.74. The SMILES string of the molecule is CC(=O)NC1=CC(C#Cc2cnc3ccc(-c4ccc(C(=O)N5CCN(C)CC5)cc4)nn23)=CC=C(C)C1. The van der Waals surface area contributed by atoms with Crippen LogP contribution in [0.3, 0.4) is 0 Å². The van der Waals surface area contributed by atoms with Crippen molar-refractivity contribution in [1.82, 2.24) is 29.7 Å². The van der Waals surface area contributed by atoms with E-state index in [0.29, 0.717) is 23.3 Å². The highest BCUT2D eigenvalue weighted by Crippen LogP contribution is 2.20. The zero-order chi connectivity index (χ0) is 26.6. The molecule has 2 aliphatic rings. The van der Waals surface area contributed by atoms with E-state index in [1.165, 1.54) is 6.92 Å². The Morgan fingerprint density at radius 1 is 0.974 bits per heavy atom. The second-order valence-corrected chi connectivity index (χ2v) is 9.72. The minimum absolute atomic E-state index is 0.0637. The molecule has 1 aliphatic carbocycles. The predicted molar refractivity (Wildman–Crippen MR) is 147 cm³/mol. The van der Waals surface area contributed by atoms with Crippen LogP contribution in [0.1, 0.15) is 36.3 Å². The minimum atomic E-state index is -0.103. The molecule has 3 aromatic rings. The van der Waals surface area contributed by atoms with E-state index in [0.717, 1.165) is 54.3 Å². The van der Waals surface area contributed by atoms with Gasteiger partial charge in [0.05, 0.1) is 11.9 Å². The van der Waals surface area contributed by atoms with Crippen molar-refractivity contribution in [1.29, 1.82) is 0 Å². The molecule has 1 N–H and O–H groups in total. The molecule has 2 amide bonds. The molecule has 5 rings (SSSR count). The van der Waals surface area contributed by atoms with E-state index in [-0.39, 0.29) is 11.8 Å². The molecule has 1 aliphatic heterocycles. The molecule has 0 unspecified atom stereocenters. The smallest absolute Gasteiger partial charge is 0.253 e. The number of nitrogens with one attached hydrogen (secondary N) is 1. The van der Waals surface area contributed by atoms with Crippen LogP contribution in [-0.4, -0.2) is 69.4 Å². The summed E-state index contributed by atoms with van der Waals surface area (Å²) in [6.07, 6.45) is 8.23. The Bertz CT molecular complexity index is 1540. The zero-order valence-electron chi connectivity index (χ0n) is 21.9. The first-order valence-electron chi connectivity index (χ1n) is 12.7. The highest BCUT2D eigenvalue weighted by atomic mass is 16.2. The summed E-state index contributed by atoms with van der Waals surface area (Å²) in [5, 5.41) is 7.65. The normalized spacial score (nSPS) is 16.1. The van der Waals surface area contributed by atoms with Gasteiger partial charge in [0.25, 0.3) is 5.91 Å².